The summed E-state index contributed by atoms with van der Waals surface area (Å²) >= 11 is 0. The molecule has 0 bridgehead atoms. The molecule has 0 unspecified atom stereocenters. The van der Waals surface area contributed by atoms with E-state index in [9.17, 15) is 0 Å². The summed E-state index contributed by atoms with van der Waals surface area (Å²) in [7, 11) is 1.68. The SMILES string of the molecule is COc1ccc2[c]c(-c3ccccc3)ccc2c1. The van der Waals surface area contributed by atoms with E-state index in [0.717, 1.165) is 22.1 Å². The Kier molecular flexibility index (Phi) is 2.73. The lowest BCUT2D eigenvalue weighted by molar-refractivity contribution is 0.415. The van der Waals surface area contributed by atoms with Crippen LogP contribution >= 0.6 is 0 Å². The Morgan fingerprint density at radius 3 is 2.50 bits per heavy atom. The van der Waals surface area contributed by atoms with Crippen LogP contribution in [0.1, 0.15) is 0 Å². The molecule has 0 saturated carbocycles. The fourth-order valence-electron chi connectivity index (χ4n) is 2.07. The fraction of sp³-hybridized carbons (Fsp3) is 0.0588. The maximum absolute atomic E-state index is 5.22. The molecular formula is C17H13O. The zero-order chi connectivity index (χ0) is 12.4. The minimum atomic E-state index is 0.878. The number of ether oxygens (including phenoxy) is 1. The minimum absolute atomic E-state index is 0.878. The van der Waals surface area contributed by atoms with Crippen molar-refractivity contribution in [1.29, 1.82) is 0 Å². The van der Waals surface area contributed by atoms with Crippen LogP contribution in [-0.2, 0) is 0 Å². The van der Waals surface area contributed by atoms with Crippen molar-refractivity contribution >= 4 is 10.8 Å². The second-order valence-electron chi connectivity index (χ2n) is 4.19. The topological polar surface area (TPSA) is 9.23 Å². The zero-order valence-electron chi connectivity index (χ0n) is 10.2. The van der Waals surface area contributed by atoms with Crippen molar-refractivity contribution in [3.05, 3.63) is 66.7 Å². The first-order chi connectivity index (χ1) is 8.86. The van der Waals surface area contributed by atoms with Crippen molar-refractivity contribution in [2.45, 2.75) is 0 Å². The van der Waals surface area contributed by atoms with Gasteiger partial charge in [-0.05, 0) is 40.1 Å². The maximum Gasteiger partial charge on any atom is 0.119 e. The quantitative estimate of drug-likeness (QED) is 0.640. The van der Waals surface area contributed by atoms with E-state index in [2.05, 4.69) is 30.3 Å². The molecule has 0 aliphatic heterocycles. The first kappa shape index (κ1) is 10.8. The summed E-state index contributed by atoms with van der Waals surface area (Å²) in [6, 6.07) is 24.0. The van der Waals surface area contributed by atoms with Crippen molar-refractivity contribution in [1.82, 2.24) is 0 Å². The molecule has 0 saturated heterocycles. The monoisotopic (exact) mass is 233 g/mol. The molecule has 3 aromatic carbocycles. The van der Waals surface area contributed by atoms with Crippen LogP contribution in [0.2, 0.25) is 0 Å². The standard InChI is InChI=1S/C17H13O/c1-18-17-10-9-15-11-14(7-8-16(15)12-17)13-5-3-2-4-6-13/h2-10,12H,1H3. The molecule has 3 rings (SSSR count). The maximum atomic E-state index is 5.22. The first-order valence-corrected chi connectivity index (χ1v) is 5.92. The number of hydrogen-bond acceptors (Lipinski definition) is 1. The summed E-state index contributed by atoms with van der Waals surface area (Å²) in [5.41, 5.74) is 2.31. The Bertz CT molecular complexity index is 672. The normalized spacial score (nSPS) is 10.5. The Hall–Kier alpha value is -2.28. The molecule has 87 valence electrons. The largest absolute Gasteiger partial charge is 0.497 e. The van der Waals surface area contributed by atoms with Crippen LogP contribution in [0.25, 0.3) is 21.9 Å². The average molecular weight is 233 g/mol. The summed E-state index contributed by atoms with van der Waals surface area (Å²) in [5.74, 6) is 0.878. The van der Waals surface area contributed by atoms with Gasteiger partial charge >= 0.3 is 0 Å². The highest BCUT2D eigenvalue weighted by molar-refractivity contribution is 5.87. The highest BCUT2D eigenvalue weighted by Gasteiger charge is 2.01. The zero-order valence-corrected chi connectivity index (χ0v) is 10.2. The molecule has 3 aromatic rings. The van der Waals surface area contributed by atoms with Gasteiger partial charge in [-0.2, -0.15) is 0 Å². The predicted molar refractivity (Wildman–Crippen MR) is 74.8 cm³/mol. The molecule has 0 amide bonds. The highest BCUT2D eigenvalue weighted by atomic mass is 16.5. The molecule has 0 fully saturated rings. The van der Waals surface area contributed by atoms with Crippen LogP contribution in [0.15, 0.2) is 60.7 Å². The average Bonchev–Trinajstić information content (AvgIpc) is 2.47. The Balaban J connectivity index is 2.12. The van der Waals surface area contributed by atoms with Crippen molar-refractivity contribution in [3.8, 4) is 16.9 Å². The van der Waals surface area contributed by atoms with E-state index in [4.69, 9.17) is 4.74 Å². The lowest BCUT2D eigenvalue weighted by atomic mass is 10.0. The summed E-state index contributed by atoms with van der Waals surface area (Å²) in [4.78, 5) is 0. The van der Waals surface area contributed by atoms with Crippen molar-refractivity contribution in [3.63, 3.8) is 0 Å². The lowest BCUT2D eigenvalue weighted by Gasteiger charge is -2.05. The van der Waals surface area contributed by atoms with Crippen LogP contribution in [0, 0.1) is 6.07 Å². The molecular weight excluding hydrogens is 220 g/mol. The summed E-state index contributed by atoms with van der Waals surface area (Å²) < 4.78 is 5.22. The summed E-state index contributed by atoms with van der Waals surface area (Å²) in [6.45, 7) is 0. The van der Waals surface area contributed by atoms with Gasteiger partial charge in [-0.15, -0.1) is 0 Å². The van der Waals surface area contributed by atoms with Gasteiger partial charge in [0, 0.05) is 0 Å². The molecule has 0 N–H and O–H groups in total. The molecule has 1 heteroatoms. The van der Waals surface area contributed by atoms with Gasteiger partial charge < -0.3 is 4.74 Å². The molecule has 0 heterocycles. The van der Waals surface area contributed by atoms with Gasteiger partial charge in [0.25, 0.3) is 0 Å². The third kappa shape index (κ3) is 1.95. The van der Waals surface area contributed by atoms with Gasteiger partial charge in [0.15, 0.2) is 0 Å². The van der Waals surface area contributed by atoms with Gasteiger partial charge in [0.05, 0.1) is 7.11 Å². The summed E-state index contributed by atoms with van der Waals surface area (Å²) in [6.07, 6.45) is 0. The first-order valence-electron chi connectivity index (χ1n) is 5.92. The Labute approximate surface area is 107 Å². The van der Waals surface area contributed by atoms with Crippen LogP contribution in [0.4, 0.5) is 0 Å². The third-order valence-corrected chi connectivity index (χ3v) is 3.04. The van der Waals surface area contributed by atoms with Gasteiger partial charge in [0.1, 0.15) is 5.75 Å². The molecule has 1 radical (unpaired) electrons. The predicted octanol–water partition coefficient (Wildman–Crippen LogP) is 4.32. The van der Waals surface area contributed by atoms with Gasteiger partial charge in [-0.3, -0.25) is 0 Å². The third-order valence-electron chi connectivity index (χ3n) is 3.04. The van der Waals surface area contributed by atoms with E-state index < -0.39 is 0 Å². The van der Waals surface area contributed by atoms with E-state index in [0.29, 0.717) is 0 Å². The highest BCUT2D eigenvalue weighted by Crippen LogP contribution is 2.26. The molecule has 0 spiro atoms. The molecule has 0 atom stereocenters. The number of fused-ring (bicyclic) bond motifs is 1. The van der Waals surface area contributed by atoms with Crippen LogP contribution < -0.4 is 4.74 Å². The number of benzene rings is 3. The van der Waals surface area contributed by atoms with E-state index in [1.165, 1.54) is 5.56 Å². The number of hydrogen-bond donors (Lipinski definition) is 0. The summed E-state index contributed by atoms with van der Waals surface area (Å²) in [5, 5.41) is 2.26. The molecule has 0 aromatic heterocycles. The number of rotatable bonds is 2. The molecule has 0 aliphatic rings. The smallest absolute Gasteiger partial charge is 0.119 e. The van der Waals surface area contributed by atoms with Gasteiger partial charge in [-0.1, -0.05) is 48.5 Å². The minimum Gasteiger partial charge on any atom is -0.497 e. The van der Waals surface area contributed by atoms with Crippen molar-refractivity contribution in [2.75, 3.05) is 7.11 Å². The van der Waals surface area contributed by atoms with Crippen LogP contribution in [0.3, 0.4) is 0 Å². The van der Waals surface area contributed by atoms with E-state index in [-0.39, 0.29) is 0 Å². The van der Waals surface area contributed by atoms with E-state index in [1.54, 1.807) is 7.11 Å². The fourth-order valence-corrected chi connectivity index (χ4v) is 2.07. The van der Waals surface area contributed by atoms with Crippen molar-refractivity contribution in [2.24, 2.45) is 0 Å². The van der Waals surface area contributed by atoms with E-state index in [1.807, 2.05) is 36.4 Å². The van der Waals surface area contributed by atoms with E-state index >= 15 is 0 Å². The molecule has 0 aliphatic carbocycles. The Morgan fingerprint density at radius 2 is 1.72 bits per heavy atom. The van der Waals surface area contributed by atoms with Gasteiger partial charge in [0.2, 0.25) is 0 Å². The number of methoxy groups -OCH3 is 1. The second-order valence-corrected chi connectivity index (χ2v) is 4.19. The van der Waals surface area contributed by atoms with Crippen LogP contribution in [-0.4, -0.2) is 7.11 Å². The molecule has 1 nitrogen and oxygen atoms in total. The second kappa shape index (κ2) is 4.53. The lowest BCUT2D eigenvalue weighted by Crippen LogP contribution is -1.83. The van der Waals surface area contributed by atoms with Crippen molar-refractivity contribution < 1.29 is 4.74 Å². The van der Waals surface area contributed by atoms with Crippen LogP contribution in [0.5, 0.6) is 5.75 Å². The Morgan fingerprint density at radius 1 is 0.889 bits per heavy atom. The van der Waals surface area contributed by atoms with Gasteiger partial charge in [-0.25, -0.2) is 0 Å². The molecule has 18 heavy (non-hydrogen) atoms.